The summed E-state index contributed by atoms with van der Waals surface area (Å²) in [5.74, 6) is 0. The predicted molar refractivity (Wildman–Crippen MR) is 269 cm³/mol. The first-order valence-corrected chi connectivity index (χ1v) is 23.8. The highest BCUT2D eigenvalue weighted by Gasteiger charge is 2.41. The minimum absolute atomic E-state index is 1.17. The normalized spacial score (nSPS) is 12.1. The Kier molecular flexibility index (Phi) is 7.96. The number of rotatable bonds is 6. The largest absolute Gasteiger partial charge is 0.309 e. The van der Waals surface area contributed by atoms with Crippen LogP contribution in [0.2, 0.25) is 0 Å². The summed E-state index contributed by atoms with van der Waals surface area (Å²) < 4.78 is 4.97. The minimum Gasteiger partial charge on any atom is -0.309 e. The average molecular weight is 817 g/mol. The van der Waals surface area contributed by atoms with Gasteiger partial charge in [0.2, 0.25) is 0 Å². The van der Waals surface area contributed by atoms with E-state index in [4.69, 9.17) is 0 Å². The molecule has 12 aromatic rings. The molecule has 13 rings (SSSR count). The van der Waals surface area contributed by atoms with Crippen molar-refractivity contribution in [2.75, 3.05) is 0 Å². The molecule has 0 saturated carbocycles. The summed E-state index contributed by atoms with van der Waals surface area (Å²) in [5.41, 5.74) is 14.8. The Bertz CT molecular complexity index is 3630. The van der Waals surface area contributed by atoms with Crippen molar-refractivity contribution < 1.29 is 0 Å². The first kappa shape index (κ1) is 35.7. The van der Waals surface area contributed by atoms with Gasteiger partial charge in [-0.3, -0.25) is 0 Å². The van der Waals surface area contributed by atoms with Gasteiger partial charge in [0.15, 0.2) is 8.07 Å². The fraction of sp³-hybridized carbons (Fsp3) is 0. The SMILES string of the molecule is c1ccc([Si](c2ccccc2)(c2ccccc2)c2cccc(-n3c4ccccc4c4cc(-c5ccc6c(c5)c5cccc7c5n6-c5ccccc5-c5ccccc5-7)ccc43)c2)cc1. The van der Waals surface area contributed by atoms with Crippen molar-refractivity contribution in [2.24, 2.45) is 0 Å². The summed E-state index contributed by atoms with van der Waals surface area (Å²) in [4.78, 5) is 0. The van der Waals surface area contributed by atoms with Crippen LogP contribution in [0.4, 0.5) is 0 Å². The average Bonchev–Trinajstić information content (AvgIpc) is 3.83. The third-order valence-corrected chi connectivity index (χ3v) is 18.4. The van der Waals surface area contributed by atoms with E-state index in [-0.39, 0.29) is 0 Å². The van der Waals surface area contributed by atoms with Gasteiger partial charge in [0.25, 0.3) is 0 Å². The van der Waals surface area contributed by atoms with Crippen molar-refractivity contribution in [2.45, 2.75) is 0 Å². The van der Waals surface area contributed by atoms with Gasteiger partial charge in [0.1, 0.15) is 0 Å². The number of fused-ring (bicyclic) bond motifs is 11. The summed E-state index contributed by atoms with van der Waals surface area (Å²) in [6.07, 6.45) is 0. The lowest BCUT2D eigenvalue weighted by Crippen LogP contribution is -2.74. The molecule has 1 aliphatic heterocycles. The molecule has 3 heteroatoms. The molecule has 3 heterocycles. The molecule has 0 atom stereocenters. The summed E-state index contributed by atoms with van der Waals surface area (Å²) in [6, 6.07) is 90.5. The maximum Gasteiger partial charge on any atom is 0.179 e. The molecule has 2 aromatic heterocycles. The van der Waals surface area contributed by atoms with Gasteiger partial charge in [0, 0.05) is 38.4 Å². The van der Waals surface area contributed by atoms with E-state index < -0.39 is 8.07 Å². The Morgan fingerprint density at radius 2 is 0.730 bits per heavy atom. The molecule has 0 spiro atoms. The fourth-order valence-corrected chi connectivity index (χ4v) is 15.7. The van der Waals surface area contributed by atoms with E-state index in [0.29, 0.717) is 0 Å². The molecular weight excluding hydrogens is 777 g/mol. The first-order valence-electron chi connectivity index (χ1n) is 21.8. The lowest BCUT2D eigenvalue weighted by Gasteiger charge is -2.34. The zero-order valence-electron chi connectivity index (χ0n) is 34.5. The molecule has 0 saturated heterocycles. The van der Waals surface area contributed by atoms with Crippen molar-refractivity contribution in [3.05, 3.63) is 243 Å². The number of aromatic nitrogens is 2. The van der Waals surface area contributed by atoms with Crippen LogP contribution in [0.3, 0.4) is 0 Å². The van der Waals surface area contributed by atoms with Crippen LogP contribution in [0.1, 0.15) is 0 Å². The summed E-state index contributed by atoms with van der Waals surface area (Å²) in [5, 5.41) is 10.5. The Balaban J connectivity index is 1.000. The van der Waals surface area contributed by atoms with Gasteiger partial charge in [-0.1, -0.05) is 194 Å². The van der Waals surface area contributed by atoms with Crippen LogP contribution in [-0.2, 0) is 0 Å². The number of hydrogen-bond acceptors (Lipinski definition) is 0. The highest BCUT2D eigenvalue weighted by atomic mass is 28.3. The van der Waals surface area contributed by atoms with Crippen LogP contribution in [0.15, 0.2) is 243 Å². The van der Waals surface area contributed by atoms with Crippen LogP contribution in [0.5, 0.6) is 0 Å². The molecule has 0 unspecified atom stereocenters. The monoisotopic (exact) mass is 816 g/mol. The van der Waals surface area contributed by atoms with E-state index in [1.165, 1.54) is 109 Å². The fourth-order valence-electron chi connectivity index (χ4n) is 10.9. The second kappa shape index (κ2) is 14.0. The minimum atomic E-state index is -2.73. The van der Waals surface area contributed by atoms with E-state index in [0.717, 1.165) is 0 Å². The molecule has 294 valence electrons. The molecule has 63 heavy (non-hydrogen) atoms. The zero-order valence-corrected chi connectivity index (χ0v) is 35.5. The van der Waals surface area contributed by atoms with E-state index >= 15 is 0 Å². The molecule has 2 nitrogen and oxygen atoms in total. The second-order valence-electron chi connectivity index (χ2n) is 16.8. The molecular formula is C60H40N2Si. The van der Waals surface area contributed by atoms with Crippen molar-refractivity contribution in [3.63, 3.8) is 0 Å². The standard InChI is InChI=1S/C60H40N2Si/c1-4-19-44(20-5-1)63(45-21-6-2-7-22-45,46-23-8-3-9-24-46)47-25-16-18-43(40-47)61-56-32-14-13-29-51(56)54-38-41(34-36-58(54)61)42-35-37-59-55(39-42)53-31-17-30-52-49-27-11-10-26-48(49)50-28-12-15-33-57(50)62(59)60(52)53/h1-40H. The predicted octanol–water partition coefficient (Wildman–Crippen LogP) is 12.6. The number of nitrogens with zero attached hydrogens (tertiary/aromatic N) is 2. The van der Waals surface area contributed by atoms with Gasteiger partial charge >= 0.3 is 0 Å². The van der Waals surface area contributed by atoms with Crippen LogP contribution in [-0.4, -0.2) is 17.2 Å². The maximum absolute atomic E-state index is 2.73. The molecule has 0 radical (unpaired) electrons. The van der Waals surface area contributed by atoms with Crippen molar-refractivity contribution in [1.29, 1.82) is 0 Å². The lowest BCUT2D eigenvalue weighted by molar-refractivity contribution is 1.18. The molecule has 1 aliphatic rings. The van der Waals surface area contributed by atoms with E-state index in [1.807, 2.05) is 0 Å². The summed E-state index contributed by atoms with van der Waals surface area (Å²) in [7, 11) is -2.73. The van der Waals surface area contributed by atoms with Gasteiger partial charge in [-0.2, -0.15) is 0 Å². The van der Waals surface area contributed by atoms with Crippen LogP contribution in [0, 0.1) is 0 Å². The Labute approximate surface area is 367 Å². The molecule has 0 amide bonds. The van der Waals surface area contributed by atoms with Crippen LogP contribution >= 0.6 is 0 Å². The zero-order chi connectivity index (χ0) is 41.5. The Morgan fingerprint density at radius 1 is 0.270 bits per heavy atom. The van der Waals surface area contributed by atoms with Gasteiger partial charge in [-0.15, -0.1) is 0 Å². The van der Waals surface area contributed by atoms with Gasteiger partial charge in [-0.25, -0.2) is 0 Å². The van der Waals surface area contributed by atoms with E-state index in [2.05, 4.69) is 252 Å². The van der Waals surface area contributed by atoms with E-state index in [9.17, 15) is 0 Å². The molecule has 0 N–H and O–H groups in total. The lowest BCUT2D eigenvalue weighted by atomic mass is 9.93. The third-order valence-electron chi connectivity index (χ3n) is 13.6. The Hall–Kier alpha value is -7.98. The topological polar surface area (TPSA) is 9.86 Å². The first-order chi connectivity index (χ1) is 31.3. The highest BCUT2D eigenvalue weighted by Crippen LogP contribution is 2.47. The van der Waals surface area contributed by atoms with Crippen LogP contribution < -0.4 is 20.7 Å². The quantitative estimate of drug-likeness (QED) is 0.117. The molecule has 0 aliphatic carbocycles. The highest BCUT2D eigenvalue weighted by molar-refractivity contribution is 7.19. The third kappa shape index (κ3) is 5.24. The van der Waals surface area contributed by atoms with Gasteiger partial charge < -0.3 is 9.13 Å². The summed E-state index contributed by atoms with van der Waals surface area (Å²) in [6.45, 7) is 0. The molecule has 0 bridgehead atoms. The van der Waals surface area contributed by atoms with Gasteiger partial charge in [-0.05, 0) is 91.5 Å². The number of hydrogen-bond donors (Lipinski definition) is 0. The maximum atomic E-state index is 2.50. The molecule has 10 aromatic carbocycles. The second-order valence-corrected chi connectivity index (χ2v) is 20.6. The van der Waals surface area contributed by atoms with Crippen molar-refractivity contribution in [3.8, 4) is 44.8 Å². The van der Waals surface area contributed by atoms with Gasteiger partial charge in [0.05, 0.1) is 27.8 Å². The van der Waals surface area contributed by atoms with Crippen molar-refractivity contribution >= 4 is 72.4 Å². The smallest absolute Gasteiger partial charge is 0.179 e. The van der Waals surface area contributed by atoms with Crippen LogP contribution in [0.25, 0.3) is 88.4 Å². The Morgan fingerprint density at radius 3 is 1.40 bits per heavy atom. The van der Waals surface area contributed by atoms with E-state index in [1.54, 1.807) is 0 Å². The number of benzene rings is 10. The van der Waals surface area contributed by atoms with Crippen molar-refractivity contribution in [1.82, 2.24) is 9.13 Å². The number of para-hydroxylation sites is 3. The molecule has 0 fully saturated rings. The summed E-state index contributed by atoms with van der Waals surface area (Å²) >= 11 is 0.